The fourth-order valence-electron chi connectivity index (χ4n) is 3.89. The van der Waals surface area contributed by atoms with E-state index in [0.717, 1.165) is 48.5 Å². The summed E-state index contributed by atoms with van der Waals surface area (Å²) in [6.45, 7) is 1.10. The Kier molecular flexibility index (Phi) is 6.99. The topological polar surface area (TPSA) is 67.9 Å². The van der Waals surface area contributed by atoms with Crippen LogP contribution in [0.5, 0.6) is 0 Å². The van der Waals surface area contributed by atoms with Gasteiger partial charge in [-0.05, 0) is 35.7 Å². The molecule has 5 rings (SSSR count). The molecule has 0 aliphatic carbocycles. The van der Waals surface area contributed by atoms with Crippen molar-refractivity contribution in [3.63, 3.8) is 0 Å². The van der Waals surface area contributed by atoms with Gasteiger partial charge in [-0.15, -0.1) is 11.3 Å². The normalized spacial score (nSPS) is 12.7. The van der Waals surface area contributed by atoms with Gasteiger partial charge in [0.05, 0.1) is 26.9 Å². The molecule has 0 aliphatic rings. The molecule has 5 aromatic rings. The van der Waals surface area contributed by atoms with Crippen molar-refractivity contribution in [1.29, 1.82) is 0 Å². The predicted octanol–water partition coefficient (Wildman–Crippen LogP) is 6.41. The summed E-state index contributed by atoms with van der Waals surface area (Å²) in [7, 11) is 0. The number of alkyl halides is 3. The molecule has 0 saturated carbocycles. The molecule has 0 radical (unpaired) electrons. The third-order valence-corrected chi connectivity index (χ3v) is 7.85. The molecule has 36 heavy (non-hydrogen) atoms. The minimum absolute atomic E-state index is 0.300. The first-order valence-electron chi connectivity index (χ1n) is 11.2. The van der Waals surface area contributed by atoms with Gasteiger partial charge in [0, 0.05) is 31.5 Å². The highest BCUT2D eigenvalue weighted by molar-refractivity contribution is 7.26. The number of rotatable bonds is 8. The Morgan fingerprint density at radius 1 is 0.917 bits per heavy atom. The van der Waals surface area contributed by atoms with Crippen molar-refractivity contribution in [2.45, 2.75) is 25.2 Å². The van der Waals surface area contributed by atoms with E-state index in [-0.39, 0.29) is 6.04 Å². The van der Waals surface area contributed by atoms with E-state index in [4.69, 9.17) is 10.7 Å². The third-order valence-electron chi connectivity index (χ3n) is 5.62. The zero-order chi connectivity index (χ0) is 25.1. The van der Waals surface area contributed by atoms with Gasteiger partial charge >= 0.3 is 6.18 Å². The van der Waals surface area contributed by atoms with E-state index in [9.17, 15) is 13.2 Å². The van der Waals surface area contributed by atoms with Gasteiger partial charge in [-0.1, -0.05) is 53.8 Å². The molecule has 0 amide bonds. The molecule has 0 fully saturated rings. The fourth-order valence-corrected chi connectivity index (χ4v) is 5.79. The Balaban J connectivity index is 1.35. The zero-order valence-corrected chi connectivity index (χ0v) is 20.7. The molecule has 3 heterocycles. The Morgan fingerprint density at radius 3 is 2.42 bits per heavy atom. The van der Waals surface area contributed by atoms with Crippen molar-refractivity contribution >= 4 is 38.0 Å². The van der Waals surface area contributed by atoms with Crippen LogP contribution in [0.3, 0.4) is 0 Å². The van der Waals surface area contributed by atoms with Gasteiger partial charge in [-0.3, -0.25) is 4.98 Å². The van der Waals surface area contributed by atoms with Crippen LogP contribution in [0.4, 0.5) is 18.3 Å². The smallest absolute Gasteiger partial charge is 0.342 e. The molecule has 0 unspecified atom stereocenters. The fraction of sp³-hybridized carbons (Fsp3) is 0.192. The van der Waals surface area contributed by atoms with Gasteiger partial charge in [-0.2, -0.15) is 13.2 Å². The predicted molar refractivity (Wildman–Crippen MR) is 139 cm³/mol. The maximum atomic E-state index is 12.9. The minimum Gasteiger partial charge on any atom is -0.342 e. The maximum absolute atomic E-state index is 12.9. The number of benzene rings is 2. The highest BCUT2D eigenvalue weighted by Crippen LogP contribution is 2.36. The summed E-state index contributed by atoms with van der Waals surface area (Å²) in [6.07, 6.45) is 1.45. The monoisotopic (exact) mass is 525 g/mol. The molecule has 0 saturated heterocycles. The average molecular weight is 526 g/mol. The van der Waals surface area contributed by atoms with Crippen molar-refractivity contribution in [3.8, 4) is 9.88 Å². The second-order valence-corrected chi connectivity index (χ2v) is 10.4. The minimum atomic E-state index is -4.35. The highest BCUT2D eigenvalue weighted by atomic mass is 32.1. The van der Waals surface area contributed by atoms with Gasteiger partial charge in [-0.25, -0.2) is 9.97 Å². The van der Waals surface area contributed by atoms with Crippen molar-refractivity contribution in [2.24, 2.45) is 5.73 Å². The van der Waals surface area contributed by atoms with E-state index in [0.29, 0.717) is 19.5 Å². The third kappa shape index (κ3) is 5.72. The van der Waals surface area contributed by atoms with E-state index >= 15 is 0 Å². The van der Waals surface area contributed by atoms with E-state index < -0.39 is 11.7 Å². The summed E-state index contributed by atoms with van der Waals surface area (Å²) in [5.74, 6) is 0. The average Bonchev–Trinajstić information content (AvgIpc) is 3.51. The Hall–Kier alpha value is -3.34. The standard InChI is InChI=1S/C26H22F3N5S2/c27-26(28,29)19-8-6-17(7-9-19)12-20(30)16-34(15-18-4-2-1-3-5-18)25-32-14-23(36-25)24-33-21-10-11-31-13-22(21)35-24/h1-11,13-14,20H,12,15-16,30H2/t20-/m0/s1. The number of pyridine rings is 1. The quantitative estimate of drug-likeness (QED) is 0.254. The van der Waals surface area contributed by atoms with Gasteiger partial charge in [0.1, 0.15) is 5.01 Å². The van der Waals surface area contributed by atoms with Crippen molar-refractivity contribution in [1.82, 2.24) is 15.0 Å². The van der Waals surface area contributed by atoms with Crippen LogP contribution in [0, 0.1) is 0 Å². The first kappa shape index (κ1) is 24.4. The van der Waals surface area contributed by atoms with Gasteiger partial charge in [0.25, 0.3) is 0 Å². The van der Waals surface area contributed by atoms with Crippen LogP contribution < -0.4 is 10.6 Å². The number of hydrogen-bond donors (Lipinski definition) is 1. The molecule has 2 N–H and O–H groups in total. The molecule has 184 valence electrons. The molecule has 3 aromatic heterocycles. The van der Waals surface area contributed by atoms with Crippen LogP contribution in [0.25, 0.3) is 20.1 Å². The SMILES string of the molecule is N[C@@H](Cc1ccc(C(F)(F)F)cc1)CN(Cc1ccccc1)c1ncc(-c2nc3ccncc3s2)s1. The summed E-state index contributed by atoms with van der Waals surface area (Å²) in [5, 5.41) is 1.70. The Bertz CT molecular complexity index is 1400. The second-order valence-electron chi connectivity index (χ2n) is 8.39. The largest absolute Gasteiger partial charge is 0.416 e. The second kappa shape index (κ2) is 10.3. The molecular weight excluding hydrogens is 503 g/mol. The van der Waals surface area contributed by atoms with Crippen LogP contribution in [0.15, 0.2) is 79.3 Å². The molecule has 2 aromatic carbocycles. The number of nitrogens with zero attached hydrogens (tertiary/aromatic N) is 4. The lowest BCUT2D eigenvalue weighted by Gasteiger charge is -2.25. The number of fused-ring (bicyclic) bond motifs is 1. The van der Waals surface area contributed by atoms with Gasteiger partial charge in [0.15, 0.2) is 5.13 Å². The highest BCUT2D eigenvalue weighted by Gasteiger charge is 2.30. The van der Waals surface area contributed by atoms with Crippen LogP contribution in [-0.4, -0.2) is 27.5 Å². The first-order valence-corrected chi connectivity index (χ1v) is 12.9. The van der Waals surface area contributed by atoms with Crippen molar-refractivity contribution in [2.75, 3.05) is 11.4 Å². The summed E-state index contributed by atoms with van der Waals surface area (Å²) < 4.78 is 39.7. The molecule has 0 bridgehead atoms. The molecule has 0 aliphatic heterocycles. The molecule has 5 nitrogen and oxygen atoms in total. The van der Waals surface area contributed by atoms with Gasteiger partial charge < -0.3 is 10.6 Å². The van der Waals surface area contributed by atoms with Crippen LogP contribution in [0.2, 0.25) is 0 Å². The molecule has 0 spiro atoms. The number of anilines is 1. The number of halogens is 3. The van der Waals surface area contributed by atoms with Crippen molar-refractivity contribution in [3.05, 3.63) is 95.9 Å². The van der Waals surface area contributed by atoms with Crippen LogP contribution >= 0.6 is 22.7 Å². The lowest BCUT2D eigenvalue weighted by Crippen LogP contribution is -2.38. The van der Waals surface area contributed by atoms with Gasteiger partial charge in [0.2, 0.25) is 0 Å². The van der Waals surface area contributed by atoms with E-state index in [1.165, 1.54) is 12.1 Å². The Labute approximate surface area is 214 Å². The van der Waals surface area contributed by atoms with E-state index in [2.05, 4.69) is 14.9 Å². The number of nitrogens with two attached hydrogens (primary N) is 1. The van der Waals surface area contributed by atoms with E-state index in [1.54, 1.807) is 35.1 Å². The summed E-state index contributed by atoms with van der Waals surface area (Å²) in [4.78, 5) is 16.6. The summed E-state index contributed by atoms with van der Waals surface area (Å²) >= 11 is 3.11. The number of thiazole rings is 2. The lowest BCUT2D eigenvalue weighted by molar-refractivity contribution is -0.137. The zero-order valence-electron chi connectivity index (χ0n) is 19.0. The number of aromatic nitrogens is 3. The summed E-state index contributed by atoms with van der Waals surface area (Å²) in [5.41, 5.74) is 8.60. The first-order chi connectivity index (χ1) is 17.3. The molecular formula is C26H22F3N5S2. The summed E-state index contributed by atoms with van der Waals surface area (Å²) in [6, 6.07) is 16.8. The lowest BCUT2D eigenvalue weighted by atomic mass is 10.0. The Morgan fingerprint density at radius 2 is 1.69 bits per heavy atom. The van der Waals surface area contributed by atoms with Crippen molar-refractivity contribution < 1.29 is 13.2 Å². The number of hydrogen-bond acceptors (Lipinski definition) is 7. The molecule has 10 heteroatoms. The molecule has 1 atom stereocenters. The maximum Gasteiger partial charge on any atom is 0.416 e. The van der Waals surface area contributed by atoms with Crippen LogP contribution in [0.1, 0.15) is 16.7 Å². The van der Waals surface area contributed by atoms with E-state index in [1.807, 2.05) is 42.6 Å². The van der Waals surface area contributed by atoms with Crippen LogP contribution in [-0.2, 0) is 19.1 Å².